The fourth-order valence-electron chi connectivity index (χ4n) is 1.38. The number of rotatable bonds is 2. The summed E-state index contributed by atoms with van der Waals surface area (Å²) in [5.41, 5.74) is 1.76. The zero-order valence-electron chi connectivity index (χ0n) is 7.65. The van der Waals surface area contributed by atoms with E-state index in [4.69, 9.17) is 10.0 Å². The molecule has 2 rings (SSSR count). The molecular weight excluding hydrogens is 181 g/mol. The molecule has 0 saturated carbocycles. The number of nitrogens with one attached hydrogen (secondary N) is 2. The maximum atomic E-state index is 9.08. The molecule has 4 N–H and O–H groups in total. The van der Waals surface area contributed by atoms with Gasteiger partial charge in [0, 0.05) is 12.5 Å². The highest BCUT2D eigenvalue weighted by atomic mass is 16.4. The molecule has 1 aromatic carbocycles. The lowest BCUT2D eigenvalue weighted by molar-refractivity contribution is 0.426. The molecule has 0 bridgehead atoms. The zero-order chi connectivity index (χ0) is 10.1. The Morgan fingerprint density at radius 2 is 2.21 bits per heavy atom. The predicted molar refractivity (Wildman–Crippen MR) is 55.5 cm³/mol. The first-order valence-corrected chi connectivity index (χ1v) is 4.25. The van der Waals surface area contributed by atoms with Gasteiger partial charge in [-0.15, -0.1) is 0 Å². The van der Waals surface area contributed by atoms with Gasteiger partial charge in [0.25, 0.3) is 0 Å². The molecule has 14 heavy (non-hydrogen) atoms. The number of nitrogens with zero attached hydrogens (tertiary/aromatic N) is 1. The number of imidazole rings is 1. The van der Waals surface area contributed by atoms with E-state index in [1.165, 1.54) is 0 Å². The van der Waals surface area contributed by atoms with Crippen molar-refractivity contribution in [2.45, 2.75) is 0 Å². The summed E-state index contributed by atoms with van der Waals surface area (Å²) < 4.78 is 0. The number of hydrogen-bond donors (Lipinski definition) is 4. The Morgan fingerprint density at radius 3 is 2.86 bits per heavy atom. The van der Waals surface area contributed by atoms with E-state index in [-0.39, 0.29) is 0 Å². The molecular formula is C8H10BN3O2. The van der Waals surface area contributed by atoms with Crippen molar-refractivity contribution >= 4 is 29.6 Å². The summed E-state index contributed by atoms with van der Waals surface area (Å²) in [4.78, 5) is 7.16. The van der Waals surface area contributed by atoms with Crippen LogP contribution in [0.1, 0.15) is 0 Å². The van der Waals surface area contributed by atoms with E-state index in [1.807, 2.05) is 6.07 Å². The van der Waals surface area contributed by atoms with Crippen molar-refractivity contribution < 1.29 is 10.0 Å². The van der Waals surface area contributed by atoms with E-state index in [2.05, 4.69) is 15.3 Å². The van der Waals surface area contributed by atoms with Gasteiger partial charge in [0.2, 0.25) is 5.95 Å². The maximum Gasteiger partial charge on any atom is 0.490 e. The topological polar surface area (TPSA) is 81.2 Å². The van der Waals surface area contributed by atoms with Gasteiger partial charge >= 0.3 is 7.12 Å². The van der Waals surface area contributed by atoms with Gasteiger partial charge in [-0.25, -0.2) is 4.98 Å². The zero-order valence-corrected chi connectivity index (χ0v) is 7.65. The van der Waals surface area contributed by atoms with Gasteiger partial charge < -0.3 is 20.3 Å². The fourth-order valence-corrected chi connectivity index (χ4v) is 1.38. The Kier molecular flexibility index (Phi) is 2.15. The molecule has 0 saturated heterocycles. The summed E-state index contributed by atoms with van der Waals surface area (Å²) in [6, 6.07) is 5.21. The van der Waals surface area contributed by atoms with Crippen LogP contribution in [0.2, 0.25) is 0 Å². The van der Waals surface area contributed by atoms with Crippen LogP contribution in [0.25, 0.3) is 11.0 Å². The van der Waals surface area contributed by atoms with Crippen molar-refractivity contribution in [2.24, 2.45) is 0 Å². The largest absolute Gasteiger partial charge is 0.490 e. The van der Waals surface area contributed by atoms with E-state index >= 15 is 0 Å². The number of H-pyrrole nitrogens is 1. The van der Waals surface area contributed by atoms with Gasteiger partial charge in [-0.1, -0.05) is 12.1 Å². The molecule has 0 aliphatic rings. The first-order chi connectivity index (χ1) is 6.72. The fraction of sp³-hybridized carbons (Fsp3) is 0.125. The van der Waals surface area contributed by atoms with Gasteiger partial charge in [-0.2, -0.15) is 0 Å². The van der Waals surface area contributed by atoms with Crippen molar-refractivity contribution in [1.82, 2.24) is 9.97 Å². The second-order valence-electron chi connectivity index (χ2n) is 2.95. The Labute approximate surface area is 80.9 Å². The Morgan fingerprint density at radius 1 is 1.43 bits per heavy atom. The Bertz CT molecular complexity index is 455. The van der Waals surface area contributed by atoms with Crippen LogP contribution in [0.15, 0.2) is 18.2 Å². The Balaban J connectivity index is 2.66. The molecule has 0 amide bonds. The van der Waals surface area contributed by atoms with Crippen molar-refractivity contribution in [3.8, 4) is 0 Å². The van der Waals surface area contributed by atoms with Gasteiger partial charge in [0.15, 0.2) is 0 Å². The third kappa shape index (κ3) is 1.34. The van der Waals surface area contributed by atoms with Gasteiger partial charge in [-0.05, 0) is 6.07 Å². The minimum atomic E-state index is -1.49. The number of aromatic amines is 1. The van der Waals surface area contributed by atoms with Crippen molar-refractivity contribution in [3.63, 3.8) is 0 Å². The highest BCUT2D eigenvalue weighted by Crippen LogP contribution is 2.11. The average Bonchev–Trinajstić information content (AvgIpc) is 2.59. The SMILES string of the molecule is CNc1nc2c(B(O)O)cccc2[nH]1. The maximum absolute atomic E-state index is 9.08. The molecule has 0 atom stereocenters. The van der Waals surface area contributed by atoms with Crippen LogP contribution in [0, 0.1) is 0 Å². The summed E-state index contributed by atoms with van der Waals surface area (Å²) in [6.07, 6.45) is 0. The van der Waals surface area contributed by atoms with E-state index in [0.29, 0.717) is 16.9 Å². The molecule has 2 aromatic rings. The van der Waals surface area contributed by atoms with Crippen LogP contribution in [-0.4, -0.2) is 34.2 Å². The van der Waals surface area contributed by atoms with Gasteiger partial charge in [-0.3, -0.25) is 0 Å². The quantitative estimate of drug-likeness (QED) is 0.472. The summed E-state index contributed by atoms with van der Waals surface area (Å²) in [6.45, 7) is 0. The first-order valence-electron chi connectivity index (χ1n) is 4.25. The van der Waals surface area contributed by atoms with E-state index in [1.54, 1.807) is 19.2 Å². The minimum absolute atomic E-state index is 0.403. The lowest BCUT2D eigenvalue weighted by Gasteiger charge is -1.98. The third-order valence-electron chi connectivity index (χ3n) is 2.06. The Hall–Kier alpha value is -1.53. The van der Waals surface area contributed by atoms with Crippen molar-refractivity contribution in [3.05, 3.63) is 18.2 Å². The summed E-state index contributed by atoms with van der Waals surface area (Å²) in [5, 5.41) is 21.0. The molecule has 1 aromatic heterocycles. The lowest BCUT2D eigenvalue weighted by atomic mass is 9.79. The molecule has 0 aliphatic heterocycles. The van der Waals surface area contributed by atoms with E-state index < -0.39 is 7.12 Å². The molecule has 0 fully saturated rings. The molecule has 0 radical (unpaired) electrons. The molecule has 6 heteroatoms. The third-order valence-corrected chi connectivity index (χ3v) is 2.06. The normalized spacial score (nSPS) is 10.5. The molecule has 0 aliphatic carbocycles. The summed E-state index contributed by atoms with van der Waals surface area (Å²) in [5.74, 6) is 0.605. The molecule has 5 nitrogen and oxygen atoms in total. The lowest BCUT2D eigenvalue weighted by Crippen LogP contribution is -2.30. The highest BCUT2D eigenvalue weighted by Gasteiger charge is 2.16. The molecule has 0 unspecified atom stereocenters. The van der Waals surface area contributed by atoms with Crippen molar-refractivity contribution in [2.75, 3.05) is 12.4 Å². The smallest absolute Gasteiger partial charge is 0.423 e. The predicted octanol–water partition coefficient (Wildman–Crippen LogP) is -0.716. The van der Waals surface area contributed by atoms with Gasteiger partial charge in [0.05, 0.1) is 11.0 Å². The highest BCUT2D eigenvalue weighted by molar-refractivity contribution is 6.61. The minimum Gasteiger partial charge on any atom is -0.423 e. The summed E-state index contributed by atoms with van der Waals surface area (Å²) >= 11 is 0. The van der Waals surface area contributed by atoms with E-state index in [9.17, 15) is 0 Å². The van der Waals surface area contributed by atoms with Crippen LogP contribution in [0.3, 0.4) is 0 Å². The number of benzene rings is 1. The molecule has 0 spiro atoms. The van der Waals surface area contributed by atoms with E-state index in [0.717, 1.165) is 5.52 Å². The standard InChI is InChI=1S/C8H10BN3O2/c1-10-8-11-6-4-2-3-5(9(13)14)7(6)12-8/h2-4,13-14H,1H3,(H2,10,11,12). The first kappa shape index (κ1) is 9.05. The molecule has 72 valence electrons. The summed E-state index contributed by atoms with van der Waals surface area (Å²) in [7, 11) is 0.249. The van der Waals surface area contributed by atoms with Crippen LogP contribution in [-0.2, 0) is 0 Å². The monoisotopic (exact) mass is 191 g/mol. The van der Waals surface area contributed by atoms with Crippen LogP contribution in [0.5, 0.6) is 0 Å². The number of anilines is 1. The average molecular weight is 191 g/mol. The number of hydrogen-bond acceptors (Lipinski definition) is 4. The van der Waals surface area contributed by atoms with Crippen LogP contribution < -0.4 is 10.8 Å². The number of fused-ring (bicyclic) bond motifs is 1. The number of aromatic nitrogens is 2. The van der Waals surface area contributed by atoms with Crippen molar-refractivity contribution in [1.29, 1.82) is 0 Å². The number of para-hydroxylation sites is 1. The second-order valence-corrected chi connectivity index (χ2v) is 2.95. The van der Waals surface area contributed by atoms with Crippen LogP contribution in [0.4, 0.5) is 5.95 Å². The van der Waals surface area contributed by atoms with Crippen LogP contribution >= 0.6 is 0 Å². The molecule has 1 heterocycles. The second kappa shape index (κ2) is 3.32. The van der Waals surface area contributed by atoms with Gasteiger partial charge in [0.1, 0.15) is 0 Å².